The van der Waals surface area contributed by atoms with Gasteiger partial charge in [0.15, 0.2) is 0 Å². The number of hydrogen-bond acceptors (Lipinski definition) is 8. The molecule has 0 aliphatic heterocycles. The lowest BCUT2D eigenvalue weighted by Crippen LogP contribution is -2.27. The number of nitrogen functional groups attached to an aromatic ring is 1. The van der Waals surface area contributed by atoms with Gasteiger partial charge in [-0.15, -0.1) is 0 Å². The Morgan fingerprint density at radius 3 is 2.36 bits per heavy atom. The van der Waals surface area contributed by atoms with Gasteiger partial charge in [0.2, 0.25) is 0 Å². The smallest absolute Gasteiger partial charge is 0.271 e. The molecule has 3 aromatic rings. The van der Waals surface area contributed by atoms with Crippen LogP contribution in [0.1, 0.15) is 59.9 Å². The molecule has 39 heavy (non-hydrogen) atoms. The minimum Gasteiger partial charge on any atom is -0.493 e. The molecule has 0 radical (unpaired) electrons. The predicted molar refractivity (Wildman–Crippen MR) is 159 cm³/mol. The van der Waals surface area contributed by atoms with Crippen LogP contribution in [-0.4, -0.2) is 79.0 Å². The maximum Gasteiger partial charge on any atom is 0.271 e. The van der Waals surface area contributed by atoms with E-state index in [0.717, 1.165) is 45.9 Å². The van der Waals surface area contributed by atoms with Crippen LogP contribution < -0.4 is 15.4 Å². The molecule has 0 spiro atoms. The van der Waals surface area contributed by atoms with Crippen molar-refractivity contribution in [3.63, 3.8) is 0 Å². The van der Waals surface area contributed by atoms with Gasteiger partial charge in [0.1, 0.15) is 29.4 Å². The zero-order chi connectivity index (χ0) is 29.0. The molecular formula is C29H40ClN7O2. The molecule has 10 heteroatoms. The SMILES string of the molecule is CCOc1c(C(C)N(C)c2ncnc(N)c2C(C)CN(C)C)cc(Cl)c(C)c1-c1ccc(C(=O)N(C)C)nc1. The summed E-state index contributed by atoms with van der Waals surface area (Å²) in [7, 11) is 9.46. The number of amides is 1. The van der Waals surface area contributed by atoms with Crippen LogP contribution in [0.25, 0.3) is 11.1 Å². The van der Waals surface area contributed by atoms with Gasteiger partial charge >= 0.3 is 0 Å². The van der Waals surface area contributed by atoms with Gasteiger partial charge in [-0.05, 0) is 52.6 Å². The van der Waals surface area contributed by atoms with E-state index in [0.29, 0.717) is 23.1 Å². The molecule has 2 unspecified atom stereocenters. The molecule has 0 aliphatic carbocycles. The van der Waals surface area contributed by atoms with Crippen molar-refractivity contribution in [2.45, 2.75) is 39.7 Å². The quantitative estimate of drug-likeness (QED) is 0.372. The van der Waals surface area contributed by atoms with Crippen LogP contribution in [0.5, 0.6) is 5.75 Å². The number of pyridine rings is 1. The van der Waals surface area contributed by atoms with E-state index < -0.39 is 0 Å². The second-order valence-corrected chi connectivity index (χ2v) is 10.7. The maximum absolute atomic E-state index is 12.4. The minimum absolute atomic E-state index is 0.115. The molecule has 9 nitrogen and oxygen atoms in total. The Labute approximate surface area is 237 Å². The summed E-state index contributed by atoms with van der Waals surface area (Å²) >= 11 is 6.82. The topological polar surface area (TPSA) is 101 Å². The van der Waals surface area contributed by atoms with Crippen molar-refractivity contribution < 1.29 is 9.53 Å². The van der Waals surface area contributed by atoms with Gasteiger partial charge in [0.25, 0.3) is 5.91 Å². The summed E-state index contributed by atoms with van der Waals surface area (Å²) in [6, 6.07) is 5.39. The molecule has 0 aliphatic rings. The summed E-state index contributed by atoms with van der Waals surface area (Å²) in [5.41, 5.74) is 11.1. The maximum atomic E-state index is 12.4. The fourth-order valence-corrected chi connectivity index (χ4v) is 5.00. The Morgan fingerprint density at radius 2 is 1.79 bits per heavy atom. The summed E-state index contributed by atoms with van der Waals surface area (Å²) in [6.45, 7) is 9.40. The fraction of sp³-hybridized carbons (Fsp3) is 0.448. The number of carbonyl (C=O) groups excluding carboxylic acids is 1. The third kappa shape index (κ3) is 6.42. The van der Waals surface area contributed by atoms with Gasteiger partial charge in [-0.3, -0.25) is 9.78 Å². The molecule has 3 rings (SSSR count). The first-order chi connectivity index (χ1) is 18.4. The number of likely N-dealkylation sites (N-methyl/N-ethyl adjacent to an activating group) is 1. The van der Waals surface area contributed by atoms with Crippen LogP contribution in [0, 0.1) is 6.92 Å². The van der Waals surface area contributed by atoms with E-state index in [9.17, 15) is 4.79 Å². The summed E-state index contributed by atoms with van der Waals surface area (Å²) in [5, 5.41) is 0.612. The third-order valence-corrected chi connectivity index (χ3v) is 7.25. The fourth-order valence-electron chi connectivity index (χ4n) is 4.78. The summed E-state index contributed by atoms with van der Waals surface area (Å²) in [6.07, 6.45) is 3.20. The molecular weight excluding hydrogens is 514 g/mol. The van der Waals surface area contributed by atoms with E-state index in [1.807, 2.05) is 47.1 Å². The van der Waals surface area contributed by atoms with Crippen molar-refractivity contribution in [3.05, 3.63) is 58.1 Å². The number of benzene rings is 1. The van der Waals surface area contributed by atoms with E-state index in [2.05, 4.69) is 38.6 Å². The van der Waals surface area contributed by atoms with Gasteiger partial charge in [-0.1, -0.05) is 24.6 Å². The van der Waals surface area contributed by atoms with Crippen molar-refractivity contribution in [2.24, 2.45) is 0 Å². The largest absolute Gasteiger partial charge is 0.493 e. The Bertz CT molecular complexity index is 1310. The van der Waals surface area contributed by atoms with E-state index >= 15 is 0 Å². The Balaban J connectivity index is 2.14. The number of nitrogens with two attached hydrogens (primary N) is 1. The van der Waals surface area contributed by atoms with Gasteiger partial charge in [0.05, 0.1) is 12.6 Å². The average Bonchev–Trinajstić information content (AvgIpc) is 2.89. The third-order valence-electron chi connectivity index (χ3n) is 6.86. The highest BCUT2D eigenvalue weighted by atomic mass is 35.5. The number of anilines is 2. The van der Waals surface area contributed by atoms with E-state index in [4.69, 9.17) is 22.1 Å². The Morgan fingerprint density at radius 1 is 1.10 bits per heavy atom. The number of rotatable bonds is 10. The molecule has 2 atom stereocenters. The lowest BCUT2D eigenvalue weighted by Gasteiger charge is -2.32. The normalized spacial score (nSPS) is 12.8. The Kier molecular flexibility index (Phi) is 9.74. The first kappa shape index (κ1) is 30.1. The number of nitrogens with zero attached hydrogens (tertiary/aromatic N) is 6. The number of ether oxygens (including phenoxy) is 1. The van der Waals surface area contributed by atoms with Gasteiger partial charge in [-0.2, -0.15) is 0 Å². The molecule has 0 bridgehead atoms. The Hall–Kier alpha value is -3.43. The standard InChI is InChI=1S/C29H40ClN7O2/c1-10-39-26-21(19(4)37(9)28-24(17(2)15-35(5)6)27(31)33-16-34-28)13-22(30)18(3)25(26)20-11-12-23(32-14-20)29(38)36(7)8/h11-14,16-17,19H,10,15H2,1-9H3,(H2,31,33,34). The van der Waals surface area contributed by atoms with Crippen molar-refractivity contribution in [3.8, 4) is 16.9 Å². The molecule has 0 saturated carbocycles. The highest BCUT2D eigenvalue weighted by Gasteiger charge is 2.27. The zero-order valence-corrected chi connectivity index (χ0v) is 25.2. The van der Waals surface area contributed by atoms with Crippen molar-refractivity contribution in [1.82, 2.24) is 24.8 Å². The van der Waals surface area contributed by atoms with Crippen LogP contribution in [0.15, 0.2) is 30.7 Å². The van der Waals surface area contributed by atoms with Crippen LogP contribution >= 0.6 is 11.6 Å². The van der Waals surface area contributed by atoms with Crippen molar-refractivity contribution in [2.75, 3.05) is 59.0 Å². The number of halogens is 1. The van der Waals surface area contributed by atoms with Gasteiger partial charge in [0, 0.05) is 67.1 Å². The minimum atomic E-state index is -0.175. The predicted octanol–water partition coefficient (Wildman–Crippen LogP) is 5.05. The van der Waals surface area contributed by atoms with E-state index in [-0.39, 0.29) is 17.9 Å². The summed E-state index contributed by atoms with van der Waals surface area (Å²) in [5.74, 6) is 1.91. The van der Waals surface area contributed by atoms with Crippen LogP contribution in [-0.2, 0) is 0 Å². The highest BCUT2D eigenvalue weighted by Crippen LogP contribution is 2.44. The molecule has 2 N–H and O–H groups in total. The molecule has 0 saturated heterocycles. The number of carbonyl (C=O) groups is 1. The van der Waals surface area contributed by atoms with Gasteiger partial charge < -0.3 is 25.2 Å². The highest BCUT2D eigenvalue weighted by molar-refractivity contribution is 6.32. The van der Waals surface area contributed by atoms with E-state index in [1.54, 1.807) is 26.4 Å². The first-order valence-electron chi connectivity index (χ1n) is 13.0. The average molecular weight is 554 g/mol. The monoisotopic (exact) mass is 553 g/mol. The van der Waals surface area contributed by atoms with Crippen LogP contribution in [0.2, 0.25) is 5.02 Å². The number of aromatic nitrogens is 3. The second kappa shape index (κ2) is 12.6. The van der Waals surface area contributed by atoms with Crippen molar-refractivity contribution in [1.29, 1.82) is 0 Å². The molecule has 1 aromatic carbocycles. The van der Waals surface area contributed by atoms with E-state index in [1.165, 1.54) is 11.2 Å². The second-order valence-electron chi connectivity index (χ2n) is 10.3. The number of hydrogen-bond donors (Lipinski definition) is 1. The van der Waals surface area contributed by atoms with Crippen LogP contribution in [0.4, 0.5) is 11.6 Å². The van der Waals surface area contributed by atoms with Crippen LogP contribution in [0.3, 0.4) is 0 Å². The molecule has 2 aromatic heterocycles. The lowest BCUT2D eigenvalue weighted by molar-refractivity contribution is 0.0822. The zero-order valence-electron chi connectivity index (χ0n) is 24.4. The summed E-state index contributed by atoms with van der Waals surface area (Å²) in [4.78, 5) is 31.5. The first-order valence-corrected chi connectivity index (χ1v) is 13.4. The molecule has 2 heterocycles. The molecule has 210 valence electrons. The van der Waals surface area contributed by atoms with Gasteiger partial charge in [-0.25, -0.2) is 9.97 Å². The van der Waals surface area contributed by atoms with Crippen molar-refractivity contribution >= 4 is 29.1 Å². The molecule has 1 amide bonds. The summed E-state index contributed by atoms with van der Waals surface area (Å²) < 4.78 is 6.28. The lowest BCUT2D eigenvalue weighted by atomic mass is 9.93. The molecule has 0 fully saturated rings.